The van der Waals surface area contributed by atoms with E-state index in [4.69, 9.17) is 4.74 Å². The Morgan fingerprint density at radius 3 is 2.38 bits per heavy atom. The highest BCUT2D eigenvalue weighted by molar-refractivity contribution is 4.63. The average molecular weight is 188 g/mol. The Bertz CT molecular complexity index is 119. The summed E-state index contributed by atoms with van der Waals surface area (Å²) in [6, 6.07) is 0. The van der Waals surface area contributed by atoms with Crippen LogP contribution in [-0.4, -0.2) is 51.8 Å². The van der Waals surface area contributed by atoms with Gasteiger partial charge < -0.3 is 15.0 Å². The second kappa shape index (κ2) is 7.30. The normalized spacial score (nSPS) is 16.2. The lowest BCUT2D eigenvalue weighted by Gasteiger charge is -2.23. The maximum Gasteiger partial charge on any atom is 0.0669 e. The van der Waals surface area contributed by atoms with Gasteiger partial charge in [-0.3, -0.25) is 0 Å². The molecule has 3 nitrogen and oxygen atoms in total. The largest absolute Gasteiger partial charge is 0.380 e. The molecule has 2 atom stereocenters. The monoisotopic (exact) mass is 188 g/mol. The van der Waals surface area contributed by atoms with Gasteiger partial charge in [0.15, 0.2) is 0 Å². The predicted molar refractivity (Wildman–Crippen MR) is 57.1 cm³/mol. The van der Waals surface area contributed by atoms with Crippen LogP contribution in [0.15, 0.2) is 0 Å². The van der Waals surface area contributed by atoms with Crippen molar-refractivity contribution in [3.8, 4) is 0 Å². The Hall–Kier alpha value is -0.120. The van der Waals surface area contributed by atoms with Gasteiger partial charge >= 0.3 is 0 Å². The van der Waals surface area contributed by atoms with Crippen LogP contribution in [-0.2, 0) is 4.74 Å². The van der Waals surface area contributed by atoms with Crippen molar-refractivity contribution in [3.05, 3.63) is 0 Å². The molecule has 0 aromatic carbocycles. The van der Waals surface area contributed by atoms with Crippen LogP contribution in [0.4, 0.5) is 0 Å². The molecule has 0 aliphatic carbocycles. The highest BCUT2D eigenvalue weighted by Crippen LogP contribution is 1.98. The van der Waals surface area contributed by atoms with E-state index in [0.29, 0.717) is 12.0 Å². The van der Waals surface area contributed by atoms with Crippen molar-refractivity contribution in [1.29, 1.82) is 0 Å². The van der Waals surface area contributed by atoms with E-state index in [0.717, 1.165) is 19.6 Å². The van der Waals surface area contributed by atoms with Gasteiger partial charge in [0, 0.05) is 20.2 Å². The van der Waals surface area contributed by atoms with Crippen LogP contribution in [0.3, 0.4) is 0 Å². The Kier molecular flexibility index (Phi) is 7.23. The zero-order chi connectivity index (χ0) is 10.3. The molecule has 0 heterocycles. The summed E-state index contributed by atoms with van der Waals surface area (Å²) in [5, 5.41) is 3.18. The fourth-order valence-corrected chi connectivity index (χ4v) is 1.53. The van der Waals surface area contributed by atoms with E-state index in [1.807, 2.05) is 7.05 Å². The van der Waals surface area contributed by atoms with Crippen molar-refractivity contribution in [2.24, 2.45) is 5.92 Å². The number of rotatable bonds is 7. The van der Waals surface area contributed by atoms with Crippen molar-refractivity contribution >= 4 is 0 Å². The SMILES string of the molecule is CNCC(C)CN(C)CC(C)OC. The minimum atomic E-state index is 0.326. The summed E-state index contributed by atoms with van der Waals surface area (Å²) in [6.07, 6.45) is 0.326. The first-order chi connectivity index (χ1) is 6.10. The zero-order valence-corrected chi connectivity index (χ0v) is 9.63. The van der Waals surface area contributed by atoms with Crippen LogP contribution in [0.25, 0.3) is 0 Å². The number of likely N-dealkylation sites (N-methyl/N-ethyl adjacent to an activating group) is 1. The second-order valence-electron chi connectivity index (χ2n) is 3.93. The number of ether oxygens (including phenoxy) is 1. The van der Waals surface area contributed by atoms with Crippen molar-refractivity contribution in [3.63, 3.8) is 0 Å². The molecule has 1 N–H and O–H groups in total. The molecule has 2 unspecified atom stereocenters. The lowest BCUT2D eigenvalue weighted by molar-refractivity contribution is 0.0816. The molecule has 0 rings (SSSR count). The number of hydrogen-bond acceptors (Lipinski definition) is 3. The van der Waals surface area contributed by atoms with Gasteiger partial charge in [0.1, 0.15) is 0 Å². The Labute approximate surface area is 82.4 Å². The summed E-state index contributed by atoms with van der Waals surface area (Å²) in [5.74, 6) is 0.694. The van der Waals surface area contributed by atoms with E-state index < -0.39 is 0 Å². The molecule has 3 heteroatoms. The Balaban J connectivity index is 3.54. The van der Waals surface area contributed by atoms with E-state index >= 15 is 0 Å². The quantitative estimate of drug-likeness (QED) is 0.640. The van der Waals surface area contributed by atoms with E-state index in [1.165, 1.54) is 0 Å². The Morgan fingerprint density at radius 1 is 1.31 bits per heavy atom. The number of nitrogens with one attached hydrogen (secondary N) is 1. The van der Waals surface area contributed by atoms with E-state index in [1.54, 1.807) is 7.11 Å². The van der Waals surface area contributed by atoms with E-state index in [2.05, 4.69) is 31.1 Å². The van der Waals surface area contributed by atoms with Crippen LogP contribution >= 0.6 is 0 Å². The molecule has 0 aromatic heterocycles. The molecule has 0 spiro atoms. The van der Waals surface area contributed by atoms with Gasteiger partial charge in [-0.25, -0.2) is 0 Å². The fraction of sp³-hybridized carbons (Fsp3) is 1.00. The number of methoxy groups -OCH3 is 1. The summed E-state index contributed by atoms with van der Waals surface area (Å²) < 4.78 is 5.21. The molecular formula is C10H24N2O. The number of nitrogens with zero attached hydrogens (tertiary/aromatic N) is 1. The smallest absolute Gasteiger partial charge is 0.0669 e. The molecule has 0 saturated carbocycles. The van der Waals surface area contributed by atoms with Crippen LogP contribution < -0.4 is 5.32 Å². The molecule has 0 amide bonds. The molecule has 0 saturated heterocycles. The summed E-state index contributed by atoms with van der Waals surface area (Å²) in [4.78, 5) is 2.32. The first kappa shape index (κ1) is 12.9. The number of hydrogen-bond donors (Lipinski definition) is 1. The molecular weight excluding hydrogens is 164 g/mol. The first-order valence-electron chi connectivity index (χ1n) is 4.96. The third-order valence-electron chi connectivity index (χ3n) is 2.15. The van der Waals surface area contributed by atoms with E-state index in [9.17, 15) is 0 Å². The van der Waals surface area contributed by atoms with Gasteiger partial charge in [-0.1, -0.05) is 6.92 Å². The topological polar surface area (TPSA) is 24.5 Å². The van der Waals surface area contributed by atoms with Gasteiger partial charge in [0.05, 0.1) is 6.10 Å². The average Bonchev–Trinajstić information content (AvgIpc) is 2.04. The summed E-state index contributed by atoms with van der Waals surface area (Å²) in [6.45, 7) is 7.55. The first-order valence-corrected chi connectivity index (χ1v) is 4.96. The molecule has 13 heavy (non-hydrogen) atoms. The van der Waals surface area contributed by atoms with Gasteiger partial charge in [-0.05, 0) is 33.5 Å². The summed E-state index contributed by atoms with van der Waals surface area (Å²) >= 11 is 0. The zero-order valence-electron chi connectivity index (χ0n) is 9.63. The summed E-state index contributed by atoms with van der Waals surface area (Å²) in [7, 11) is 5.89. The van der Waals surface area contributed by atoms with Crippen LogP contribution in [0, 0.1) is 5.92 Å². The third-order valence-corrected chi connectivity index (χ3v) is 2.15. The second-order valence-corrected chi connectivity index (χ2v) is 3.93. The maximum atomic E-state index is 5.21. The molecule has 0 fully saturated rings. The van der Waals surface area contributed by atoms with Gasteiger partial charge in [0.2, 0.25) is 0 Å². The molecule has 0 radical (unpaired) electrons. The molecule has 80 valence electrons. The highest BCUT2D eigenvalue weighted by atomic mass is 16.5. The highest BCUT2D eigenvalue weighted by Gasteiger charge is 2.08. The summed E-state index contributed by atoms with van der Waals surface area (Å²) in [5.41, 5.74) is 0. The maximum absolute atomic E-state index is 5.21. The van der Waals surface area contributed by atoms with Gasteiger partial charge in [0.25, 0.3) is 0 Å². The standard InChI is InChI=1S/C10H24N2O/c1-9(6-11-3)7-12(4)8-10(2)13-5/h9-11H,6-8H2,1-5H3. The molecule has 0 aliphatic heterocycles. The van der Waals surface area contributed by atoms with Crippen LogP contribution in [0.2, 0.25) is 0 Å². The van der Waals surface area contributed by atoms with Crippen molar-refractivity contribution in [2.75, 3.05) is 40.8 Å². The van der Waals surface area contributed by atoms with Gasteiger partial charge in [-0.15, -0.1) is 0 Å². The minimum absolute atomic E-state index is 0.326. The third kappa shape index (κ3) is 6.99. The minimum Gasteiger partial charge on any atom is -0.380 e. The molecule has 0 aliphatic rings. The van der Waals surface area contributed by atoms with Crippen molar-refractivity contribution in [1.82, 2.24) is 10.2 Å². The van der Waals surface area contributed by atoms with Gasteiger partial charge in [-0.2, -0.15) is 0 Å². The lowest BCUT2D eigenvalue weighted by atomic mass is 10.1. The van der Waals surface area contributed by atoms with Crippen LogP contribution in [0.1, 0.15) is 13.8 Å². The molecule has 0 bridgehead atoms. The van der Waals surface area contributed by atoms with E-state index in [-0.39, 0.29) is 0 Å². The Morgan fingerprint density at radius 2 is 1.92 bits per heavy atom. The fourth-order valence-electron chi connectivity index (χ4n) is 1.53. The lowest BCUT2D eigenvalue weighted by Crippen LogP contribution is -2.34. The van der Waals surface area contributed by atoms with Crippen molar-refractivity contribution < 1.29 is 4.74 Å². The molecule has 0 aromatic rings. The predicted octanol–water partition coefficient (Wildman–Crippen LogP) is 0.809. The van der Waals surface area contributed by atoms with Crippen molar-refractivity contribution in [2.45, 2.75) is 20.0 Å². The van der Waals surface area contributed by atoms with Crippen LogP contribution in [0.5, 0.6) is 0 Å².